The number of fused-ring (bicyclic) bond motifs is 1. The van der Waals surface area contributed by atoms with Gasteiger partial charge < -0.3 is 14.8 Å². The summed E-state index contributed by atoms with van der Waals surface area (Å²) in [4.78, 5) is 0. The van der Waals surface area contributed by atoms with Crippen molar-refractivity contribution < 1.29 is 9.47 Å². The van der Waals surface area contributed by atoms with Gasteiger partial charge in [0, 0.05) is 19.1 Å². The Morgan fingerprint density at radius 3 is 2.90 bits per heavy atom. The fourth-order valence-corrected chi connectivity index (χ4v) is 2.74. The van der Waals surface area contributed by atoms with Gasteiger partial charge in [-0.2, -0.15) is 0 Å². The van der Waals surface area contributed by atoms with Gasteiger partial charge >= 0.3 is 0 Å². The Morgan fingerprint density at radius 2 is 2.14 bits per heavy atom. The van der Waals surface area contributed by atoms with Crippen molar-refractivity contribution in [1.82, 2.24) is 5.32 Å². The number of rotatable bonds is 9. The van der Waals surface area contributed by atoms with Crippen LogP contribution in [0.4, 0.5) is 0 Å². The Morgan fingerprint density at radius 1 is 1.29 bits per heavy atom. The average Bonchev–Trinajstić information content (AvgIpc) is 2.93. The van der Waals surface area contributed by atoms with Crippen LogP contribution in [0.3, 0.4) is 0 Å². The lowest BCUT2D eigenvalue weighted by Gasteiger charge is -2.18. The predicted octanol–water partition coefficient (Wildman–Crippen LogP) is 3.87. The van der Waals surface area contributed by atoms with Gasteiger partial charge in [-0.25, -0.2) is 0 Å². The molecule has 3 heteroatoms. The lowest BCUT2D eigenvalue weighted by atomic mass is 10.0. The Balaban J connectivity index is 1.75. The molecule has 0 bridgehead atoms. The molecule has 1 atom stereocenters. The fourth-order valence-electron chi connectivity index (χ4n) is 2.74. The highest BCUT2D eigenvalue weighted by molar-refractivity contribution is 5.40. The van der Waals surface area contributed by atoms with Gasteiger partial charge in [0.05, 0.1) is 12.7 Å². The van der Waals surface area contributed by atoms with Gasteiger partial charge in [-0.1, -0.05) is 19.1 Å². The molecule has 118 valence electrons. The van der Waals surface area contributed by atoms with E-state index in [1.54, 1.807) is 0 Å². The number of ether oxygens (including phenoxy) is 2. The highest BCUT2D eigenvalue weighted by Crippen LogP contribution is 2.29. The number of hydrogen-bond acceptors (Lipinski definition) is 3. The van der Waals surface area contributed by atoms with Crippen molar-refractivity contribution in [2.24, 2.45) is 0 Å². The first-order chi connectivity index (χ1) is 10.2. The van der Waals surface area contributed by atoms with Gasteiger partial charge in [0.1, 0.15) is 5.75 Å². The maximum atomic E-state index is 5.58. The molecule has 1 heterocycles. The van der Waals surface area contributed by atoms with E-state index in [4.69, 9.17) is 9.47 Å². The molecule has 1 aromatic rings. The number of benzene rings is 1. The van der Waals surface area contributed by atoms with Crippen LogP contribution in [0.25, 0.3) is 0 Å². The fraction of sp³-hybridized carbons (Fsp3) is 0.667. The monoisotopic (exact) mass is 291 g/mol. The molecule has 1 unspecified atom stereocenters. The van der Waals surface area contributed by atoms with Crippen molar-refractivity contribution in [1.29, 1.82) is 0 Å². The van der Waals surface area contributed by atoms with Crippen molar-refractivity contribution in [3.05, 3.63) is 29.3 Å². The van der Waals surface area contributed by atoms with E-state index in [9.17, 15) is 0 Å². The second-order valence-electron chi connectivity index (χ2n) is 6.01. The van der Waals surface area contributed by atoms with E-state index >= 15 is 0 Å². The molecule has 0 amide bonds. The van der Waals surface area contributed by atoms with Crippen LogP contribution >= 0.6 is 0 Å². The molecule has 0 aliphatic carbocycles. The Hall–Kier alpha value is -1.06. The molecule has 0 aromatic heterocycles. The minimum absolute atomic E-state index is 0.343. The van der Waals surface area contributed by atoms with Gasteiger partial charge in [0.15, 0.2) is 0 Å². The molecule has 0 saturated heterocycles. The largest absolute Gasteiger partial charge is 0.493 e. The topological polar surface area (TPSA) is 30.5 Å². The van der Waals surface area contributed by atoms with Crippen LogP contribution in [0.15, 0.2) is 18.2 Å². The van der Waals surface area contributed by atoms with E-state index < -0.39 is 0 Å². The zero-order valence-electron chi connectivity index (χ0n) is 13.7. The minimum atomic E-state index is 0.343. The average molecular weight is 291 g/mol. The van der Waals surface area contributed by atoms with Crippen LogP contribution < -0.4 is 10.1 Å². The van der Waals surface area contributed by atoms with Crippen LogP contribution in [0.1, 0.15) is 57.2 Å². The quantitative estimate of drug-likeness (QED) is 0.701. The molecule has 21 heavy (non-hydrogen) atoms. The molecule has 0 saturated carbocycles. The molecule has 2 rings (SSSR count). The second-order valence-corrected chi connectivity index (χ2v) is 6.01. The summed E-state index contributed by atoms with van der Waals surface area (Å²) in [5.41, 5.74) is 2.75. The Bertz CT molecular complexity index is 431. The van der Waals surface area contributed by atoms with Crippen molar-refractivity contribution in [3.63, 3.8) is 0 Å². The highest BCUT2D eigenvalue weighted by atomic mass is 16.5. The SMILES string of the molecule is CCC(NCCCCOC(C)C)c1ccc2c(c1)CCO2. The van der Waals surface area contributed by atoms with Gasteiger partial charge in [-0.05, 0) is 56.8 Å². The summed E-state index contributed by atoms with van der Waals surface area (Å²) in [6, 6.07) is 7.08. The van der Waals surface area contributed by atoms with E-state index in [-0.39, 0.29) is 0 Å². The zero-order chi connectivity index (χ0) is 15.1. The third-order valence-corrected chi connectivity index (χ3v) is 3.94. The van der Waals surface area contributed by atoms with Crippen LogP contribution in [-0.2, 0) is 11.2 Å². The zero-order valence-corrected chi connectivity index (χ0v) is 13.7. The second kappa shape index (κ2) is 8.40. The van der Waals surface area contributed by atoms with Crippen LogP contribution in [0, 0.1) is 0 Å². The summed E-state index contributed by atoms with van der Waals surface area (Å²) >= 11 is 0. The molecule has 1 aliphatic rings. The van der Waals surface area contributed by atoms with E-state index in [1.165, 1.54) is 11.1 Å². The van der Waals surface area contributed by atoms with Crippen LogP contribution in [-0.4, -0.2) is 25.9 Å². The van der Waals surface area contributed by atoms with Crippen LogP contribution in [0.2, 0.25) is 0 Å². The number of nitrogens with one attached hydrogen (secondary N) is 1. The maximum absolute atomic E-state index is 5.58. The predicted molar refractivity (Wildman–Crippen MR) is 87.0 cm³/mol. The molecule has 0 fully saturated rings. The molecular formula is C18H29NO2. The van der Waals surface area contributed by atoms with E-state index in [1.807, 2.05) is 0 Å². The first-order valence-corrected chi connectivity index (χ1v) is 8.31. The third-order valence-electron chi connectivity index (χ3n) is 3.94. The van der Waals surface area contributed by atoms with Gasteiger partial charge in [-0.15, -0.1) is 0 Å². The van der Waals surface area contributed by atoms with E-state index in [2.05, 4.69) is 44.3 Å². The van der Waals surface area contributed by atoms with Crippen molar-refractivity contribution >= 4 is 0 Å². The molecule has 1 aliphatic heterocycles. The smallest absolute Gasteiger partial charge is 0.122 e. The highest BCUT2D eigenvalue weighted by Gasteiger charge is 2.15. The lowest BCUT2D eigenvalue weighted by molar-refractivity contribution is 0.0759. The summed E-state index contributed by atoms with van der Waals surface area (Å²) in [6.45, 7) is 9.16. The first kappa shape index (κ1) is 16.3. The first-order valence-electron chi connectivity index (χ1n) is 8.31. The summed E-state index contributed by atoms with van der Waals surface area (Å²) in [5, 5.41) is 3.67. The third kappa shape index (κ3) is 5.01. The van der Waals surface area contributed by atoms with Gasteiger partial charge in [0.25, 0.3) is 0 Å². The normalized spacial score (nSPS) is 15.0. The standard InChI is InChI=1S/C18H29NO2/c1-4-17(19-10-5-6-11-20-14(2)3)15-7-8-18-16(13-15)9-12-21-18/h7-8,13-14,17,19H,4-6,9-12H2,1-3H3. The van der Waals surface area contributed by atoms with E-state index in [0.717, 1.165) is 51.2 Å². The Kier molecular flexibility index (Phi) is 6.52. The van der Waals surface area contributed by atoms with Gasteiger partial charge in [0.2, 0.25) is 0 Å². The molecular weight excluding hydrogens is 262 g/mol. The maximum Gasteiger partial charge on any atom is 0.122 e. The molecule has 1 N–H and O–H groups in total. The van der Waals surface area contributed by atoms with Crippen molar-refractivity contribution in [3.8, 4) is 5.75 Å². The number of hydrogen-bond donors (Lipinski definition) is 1. The van der Waals surface area contributed by atoms with Gasteiger partial charge in [-0.3, -0.25) is 0 Å². The summed E-state index contributed by atoms with van der Waals surface area (Å²) in [6.07, 6.45) is 4.79. The summed E-state index contributed by atoms with van der Waals surface area (Å²) in [7, 11) is 0. The summed E-state index contributed by atoms with van der Waals surface area (Å²) in [5.74, 6) is 1.07. The summed E-state index contributed by atoms with van der Waals surface area (Å²) < 4.78 is 11.1. The Labute approximate surface area is 129 Å². The minimum Gasteiger partial charge on any atom is -0.493 e. The lowest BCUT2D eigenvalue weighted by Crippen LogP contribution is -2.22. The van der Waals surface area contributed by atoms with Crippen molar-refractivity contribution in [2.75, 3.05) is 19.8 Å². The molecule has 3 nitrogen and oxygen atoms in total. The van der Waals surface area contributed by atoms with E-state index in [0.29, 0.717) is 12.1 Å². The molecule has 1 aromatic carbocycles. The molecule has 0 radical (unpaired) electrons. The van der Waals surface area contributed by atoms with Crippen molar-refractivity contribution in [2.45, 2.75) is 58.6 Å². The van der Waals surface area contributed by atoms with Crippen LogP contribution in [0.5, 0.6) is 5.75 Å². The molecule has 0 spiro atoms. The number of unbranched alkanes of at least 4 members (excludes halogenated alkanes) is 1.